The standard InChI is InChI=1S/C11H11ClO3/c1-8-10(12)3-2-4-11(8)15-7-9(14)5-6-13/h2-4,6H,5,7H2,1H3. The quantitative estimate of drug-likeness (QED) is 0.571. The third-order valence-corrected chi connectivity index (χ3v) is 2.33. The highest BCUT2D eigenvalue weighted by atomic mass is 35.5. The lowest BCUT2D eigenvalue weighted by Crippen LogP contribution is -2.11. The molecule has 80 valence electrons. The largest absolute Gasteiger partial charge is 0.485 e. The van der Waals surface area contributed by atoms with Gasteiger partial charge in [-0.3, -0.25) is 4.79 Å². The summed E-state index contributed by atoms with van der Waals surface area (Å²) >= 11 is 5.87. The molecule has 0 aliphatic heterocycles. The Morgan fingerprint density at radius 1 is 1.53 bits per heavy atom. The summed E-state index contributed by atoms with van der Waals surface area (Å²) in [6.45, 7) is 1.71. The summed E-state index contributed by atoms with van der Waals surface area (Å²) in [6.07, 6.45) is 0.454. The molecule has 0 saturated carbocycles. The van der Waals surface area contributed by atoms with Crippen LogP contribution in [0.3, 0.4) is 0 Å². The van der Waals surface area contributed by atoms with Gasteiger partial charge >= 0.3 is 0 Å². The fourth-order valence-electron chi connectivity index (χ4n) is 1.05. The average Bonchev–Trinajstić information content (AvgIpc) is 2.21. The fourth-order valence-corrected chi connectivity index (χ4v) is 1.22. The predicted molar refractivity (Wildman–Crippen MR) is 57.4 cm³/mol. The number of halogens is 1. The molecule has 0 N–H and O–H groups in total. The van der Waals surface area contributed by atoms with Crippen molar-refractivity contribution in [3.05, 3.63) is 28.8 Å². The molecular formula is C11H11ClO3. The van der Waals surface area contributed by atoms with Crippen LogP contribution < -0.4 is 4.74 Å². The summed E-state index contributed by atoms with van der Waals surface area (Å²) in [5.41, 5.74) is 0.790. The van der Waals surface area contributed by atoms with Crippen LogP contribution in [0.5, 0.6) is 5.75 Å². The topological polar surface area (TPSA) is 43.4 Å². The number of carbonyl (C=O) groups excluding carboxylic acids is 2. The van der Waals surface area contributed by atoms with Crippen LogP contribution in [0.4, 0.5) is 0 Å². The van der Waals surface area contributed by atoms with Crippen LogP contribution in [-0.2, 0) is 9.59 Å². The second-order valence-corrected chi connectivity index (χ2v) is 3.47. The minimum Gasteiger partial charge on any atom is -0.485 e. The summed E-state index contributed by atoms with van der Waals surface area (Å²) in [4.78, 5) is 21.1. The van der Waals surface area contributed by atoms with Gasteiger partial charge in [-0.2, -0.15) is 0 Å². The zero-order chi connectivity index (χ0) is 11.3. The van der Waals surface area contributed by atoms with E-state index < -0.39 is 0 Å². The van der Waals surface area contributed by atoms with E-state index >= 15 is 0 Å². The van der Waals surface area contributed by atoms with Gasteiger partial charge in [-0.15, -0.1) is 0 Å². The number of ketones is 1. The number of rotatable bonds is 5. The lowest BCUT2D eigenvalue weighted by Gasteiger charge is -2.08. The lowest BCUT2D eigenvalue weighted by atomic mass is 10.2. The second kappa shape index (κ2) is 5.51. The van der Waals surface area contributed by atoms with Crippen LogP contribution in [0, 0.1) is 6.92 Å². The molecule has 0 aliphatic rings. The highest BCUT2D eigenvalue weighted by Gasteiger charge is 2.06. The zero-order valence-electron chi connectivity index (χ0n) is 8.33. The molecule has 1 aromatic carbocycles. The molecule has 0 saturated heterocycles. The van der Waals surface area contributed by atoms with E-state index in [1.54, 1.807) is 18.2 Å². The van der Waals surface area contributed by atoms with Gasteiger partial charge < -0.3 is 9.53 Å². The third-order valence-electron chi connectivity index (χ3n) is 1.92. The van der Waals surface area contributed by atoms with Crippen molar-refractivity contribution in [2.24, 2.45) is 0 Å². The van der Waals surface area contributed by atoms with Crippen LogP contribution in [-0.4, -0.2) is 18.7 Å². The molecule has 0 amide bonds. The van der Waals surface area contributed by atoms with Crippen LogP contribution in [0.25, 0.3) is 0 Å². The molecule has 3 nitrogen and oxygen atoms in total. The Morgan fingerprint density at radius 3 is 2.93 bits per heavy atom. The van der Waals surface area contributed by atoms with Crippen molar-refractivity contribution in [3.63, 3.8) is 0 Å². The fraction of sp³-hybridized carbons (Fsp3) is 0.273. The summed E-state index contributed by atoms with van der Waals surface area (Å²) in [6, 6.07) is 5.22. The Kier molecular flexibility index (Phi) is 4.31. The molecule has 15 heavy (non-hydrogen) atoms. The van der Waals surface area contributed by atoms with Crippen LogP contribution in [0.1, 0.15) is 12.0 Å². The monoisotopic (exact) mass is 226 g/mol. The molecule has 1 rings (SSSR count). The van der Waals surface area contributed by atoms with Crippen molar-refractivity contribution < 1.29 is 14.3 Å². The maximum atomic E-state index is 11.0. The summed E-state index contributed by atoms with van der Waals surface area (Å²) in [7, 11) is 0. The Bertz CT molecular complexity index is 374. The predicted octanol–water partition coefficient (Wildman–Crippen LogP) is 2.19. The van der Waals surface area contributed by atoms with Crippen LogP contribution in [0.15, 0.2) is 18.2 Å². The number of hydrogen-bond donors (Lipinski definition) is 0. The van der Waals surface area contributed by atoms with Gasteiger partial charge in [-0.25, -0.2) is 0 Å². The molecular weight excluding hydrogens is 216 g/mol. The first-order chi connectivity index (χ1) is 7.15. The Balaban J connectivity index is 2.61. The van der Waals surface area contributed by atoms with E-state index in [0.29, 0.717) is 17.1 Å². The highest BCUT2D eigenvalue weighted by molar-refractivity contribution is 6.31. The van der Waals surface area contributed by atoms with Gasteiger partial charge in [0.05, 0.1) is 6.42 Å². The van der Waals surface area contributed by atoms with E-state index in [1.807, 2.05) is 6.92 Å². The molecule has 0 aromatic heterocycles. The van der Waals surface area contributed by atoms with Gasteiger partial charge in [0, 0.05) is 10.6 Å². The van der Waals surface area contributed by atoms with Crippen LogP contribution in [0.2, 0.25) is 5.02 Å². The Hall–Kier alpha value is -1.35. The molecule has 0 heterocycles. The summed E-state index contributed by atoms with van der Waals surface area (Å²) in [5.74, 6) is 0.325. The number of hydrogen-bond acceptors (Lipinski definition) is 3. The minimum atomic E-state index is -0.246. The van der Waals surface area contributed by atoms with Crippen molar-refractivity contribution in [2.75, 3.05) is 6.61 Å². The molecule has 0 atom stereocenters. The normalized spacial score (nSPS) is 9.73. The van der Waals surface area contributed by atoms with Crippen molar-refractivity contribution in [3.8, 4) is 5.75 Å². The minimum absolute atomic E-state index is 0.0973. The third kappa shape index (κ3) is 3.36. The van der Waals surface area contributed by atoms with Crippen molar-refractivity contribution in [1.29, 1.82) is 0 Å². The first-order valence-corrected chi connectivity index (χ1v) is 4.86. The molecule has 1 aromatic rings. The van der Waals surface area contributed by atoms with Gasteiger partial charge in [0.1, 0.15) is 18.6 Å². The number of aldehydes is 1. The maximum absolute atomic E-state index is 11.0. The number of benzene rings is 1. The van der Waals surface area contributed by atoms with Gasteiger partial charge in [0.25, 0.3) is 0 Å². The Labute approximate surface area is 93.0 Å². The first kappa shape index (κ1) is 11.7. The summed E-state index contributed by atoms with van der Waals surface area (Å²) in [5, 5.41) is 0.593. The molecule has 0 spiro atoms. The zero-order valence-corrected chi connectivity index (χ0v) is 9.08. The van der Waals surface area contributed by atoms with Crippen molar-refractivity contribution >= 4 is 23.7 Å². The van der Waals surface area contributed by atoms with E-state index in [2.05, 4.69) is 0 Å². The van der Waals surface area contributed by atoms with E-state index in [4.69, 9.17) is 16.3 Å². The van der Waals surface area contributed by atoms with Crippen LogP contribution >= 0.6 is 11.6 Å². The molecule has 0 fully saturated rings. The van der Waals surface area contributed by atoms with Crippen molar-refractivity contribution in [1.82, 2.24) is 0 Å². The van der Waals surface area contributed by atoms with E-state index in [9.17, 15) is 9.59 Å². The first-order valence-electron chi connectivity index (χ1n) is 4.48. The SMILES string of the molecule is Cc1c(Cl)cccc1OCC(=O)CC=O. The molecule has 4 heteroatoms. The molecule has 0 unspecified atom stereocenters. The average molecular weight is 227 g/mol. The van der Waals surface area contributed by atoms with Gasteiger partial charge in [0.15, 0.2) is 5.78 Å². The second-order valence-electron chi connectivity index (χ2n) is 3.06. The van der Waals surface area contributed by atoms with Crippen molar-refractivity contribution in [2.45, 2.75) is 13.3 Å². The summed E-state index contributed by atoms with van der Waals surface area (Å²) < 4.78 is 5.24. The van der Waals surface area contributed by atoms with E-state index in [1.165, 1.54) is 0 Å². The maximum Gasteiger partial charge on any atom is 0.177 e. The van der Waals surface area contributed by atoms with Gasteiger partial charge in [-0.05, 0) is 19.1 Å². The number of carbonyl (C=O) groups is 2. The van der Waals surface area contributed by atoms with E-state index in [0.717, 1.165) is 5.56 Å². The van der Waals surface area contributed by atoms with Gasteiger partial charge in [-0.1, -0.05) is 17.7 Å². The lowest BCUT2D eigenvalue weighted by molar-refractivity contribution is -0.123. The highest BCUT2D eigenvalue weighted by Crippen LogP contribution is 2.24. The molecule has 0 aliphatic carbocycles. The smallest absolute Gasteiger partial charge is 0.177 e. The molecule has 0 radical (unpaired) electrons. The van der Waals surface area contributed by atoms with Gasteiger partial charge in [0.2, 0.25) is 0 Å². The number of ether oxygens (including phenoxy) is 1. The number of Topliss-reactive ketones (excluding diaryl/α,β-unsaturated/α-hetero) is 1. The Morgan fingerprint density at radius 2 is 2.27 bits per heavy atom. The molecule has 0 bridgehead atoms. The van der Waals surface area contributed by atoms with E-state index in [-0.39, 0.29) is 18.8 Å².